The van der Waals surface area contributed by atoms with Gasteiger partial charge < -0.3 is 0 Å². The molecule has 0 amide bonds. The van der Waals surface area contributed by atoms with Gasteiger partial charge in [0, 0.05) is 0 Å². The van der Waals surface area contributed by atoms with E-state index in [0.29, 0.717) is 12.2 Å². The first-order valence-corrected chi connectivity index (χ1v) is 5.74. The van der Waals surface area contributed by atoms with Gasteiger partial charge in [-0.1, -0.05) is 47.5 Å². The summed E-state index contributed by atoms with van der Waals surface area (Å²) in [5, 5.41) is -2.65. The molecule has 1 rings (SSSR count). The van der Waals surface area contributed by atoms with Gasteiger partial charge in [0.15, 0.2) is 0 Å². The van der Waals surface area contributed by atoms with Gasteiger partial charge in [0.25, 0.3) is 0 Å². The van der Waals surface area contributed by atoms with E-state index in [1.165, 1.54) is 24.3 Å². The van der Waals surface area contributed by atoms with Crippen molar-refractivity contribution in [1.82, 2.24) is 0 Å². The Bertz CT molecular complexity index is 473. The summed E-state index contributed by atoms with van der Waals surface area (Å²) >= 11 is 10.1. The fourth-order valence-electron chi connectivity index (χ4n) is 1.14. The van der Waals surface area contributed by atoms with Crippen LogP contribution in [0.1, 0.15) is 11.1 Å². The second-order valence-electron chi connectivity index (χ2n) is 3.65. The summed E-state index contributed by atoms with van der Waals surface area (Å²) in [7, 11) is 0. The van der Waals surface area contributed by atoms with E-state index in [1.807, 2.05) is 0 Å². The molecule has 0 bridgehead atoms. The first-order valence-electron chi connectivity index (χ1n) is 4.99. The molecule has 8 heteroatoms. The molecule has 1 aromatic rings. The standard InChI is InChI=1S/C12H6Cl2F6/c13-9(11(15,16)17)5-7-1-2-8(4-3-7)6-10(14)12(18,19)20/h1-6H/b9-5-,10-6+. The van der Waals surface area contributed by atoms with Crippen LogP contribution in [0.2, 0.25) is 0 Å². The summed E-state index contributed by atoms with van der Waals surface area (Å²) < 4.78 is 73.0. The van der Waals surface area contributed by atoms with Gasteiger partial charge in [0.05, 0.1) is 0 Å². The van der Waals surface area contributed by atoms with E-state index in [1.54, 1.807) is 0 Å². The highest BCUT2D eigenvalue weighted by atomic mass is 35.5. The quantitative estimate of drug-likeness (QED) is 0.584. The molecule has 0 spiro atoms. The Morgan fingerprint density at radius 1 is 0.700 bits per heavy atom. The topological polar surface area (TPSA) is 0 Å². The Labute approximate surface area is 120 Å². The van der Waals surface area contributed by atoms with Crippen molar-refractivity contribution in [2.75, 3.05) is 0 Å². The predicted molar refractivity (Wildman–Crippen MR) is 66.2 cm³/mol. The average Bonchev–Trinajstić information content (AvgIpc) is 2.29. The maximum Gasteiger partial charge on any atom is 0.426 e. The number of allylic oxidation sites excluding steroid dienone is 2. The molecule has 0 radical (unpaired) electrons. The number of halogens is 8. The molecule has 0 saturated heterocycles. The van der Waals surface area contributed by atoms with Crippen molar-refractivity contribution in [1.29, 1.82) is 0 Å². The highest BCUT2D eigenvalue weighted by Crippen LogP contribution is 2.31. The minimum atomic E-state index is -4.67. The fraction of sp³-hybridized carbons (Fsp3) is 0.167. The zero-order valence-electron chi connectivity index (χ0n) is 9.49. The first-order chi connectivity index (χ1) is 9.00. The highest BCUT2D eigenvalue weighted by Gasteiger charge is 2.32. The van der Waals surface area contributed by atoms with Gasteiger partial charge in [-0.2, -0.15) is 26.3 Å². The van der Waals surface area contributed by atoms with Crippen molar-refractivity contribution < 1.29 is 26.3 Å². The zero-order valence-corrected chi connectivity index (χ0v) is 11.0. The summed E-state index contributed by atoms with van der Waals surface area (Å²) in [5.74, 6) is 0. The monoisotopic (exact) mass is 334 g/mol. The third kappa shape index (κ3) is 5.09. The molecule has 1 aromatic carbocycles. The Morgan fingerprint density at radius 2 is 0.950 bits per heavy atom. The van der Waals surface area contributed by atoms with Crippen LogP contribution in [0.4, 0.5) is 26.3 Å². The Morgan fingerprint density at radius 3 is 1.15 bits per heavy atom. The number of alkyl halides is 6. The van der Waals surface area contributed by atoms with E-state index in [-0.39, 0.29) is 11.1 Å². The van der Waals surface area contributed by atoms with Crippen LogP contribution < -0.4 is 0 Å². The van der Waals surface area contributed by atoms with Gasteiger partial charge >= 0.3 is 12.4 Å². The van der Waals surface area contributed by atoms with Crippen molar-refractivity contribution in [2.45, 2.75) is 12.4 Å². The summed E-state index contributed by atoms with van der Waals surface area (Å²) in [6, 6.07) is 4.78. The lowest BCUT2D eigenvalue weighted by atomic mass is 10.1. The van der Waals surface area contributed by atoms with Crippen LogP contribution in [-0.2, 0) is 0 Å². The van der Waals surface area contributed by atoms with Crippen molar-refractivity contribution in [3.8, 4) is 0 Å². The van der Waals surface area contributed by atoms with Crippen LogP contribution in [0.25, 0.3) is 12.2 Å². The van der Waals surface area contributed by atoms with E-state index in [9.17, 15) is 26.3 Å². The molecular weight excluding hydrogens is 329 g/mol. The summed E-state index contributed by atoms with van der Waals surface area (Å²) in [6.07, 6.45) is -8.00. The summed E-state index contributed by atoms with van der Waals surface area (Å²) in [4.78, 5) is 0. The molecular formula is C12H6Cl2F6. The predicted octanol–water partition coefficient (Wildman–Crippen LogP) is 5.97. The van der Waals surface area contributed by atoms with E-state index >= 15 is 0 Å². The van der Waals surface area contributed by atoms with Gasteiger partial charge in [-0.3, -0.25) is 0 Å². The Balaban J connectivity index is 2.96. The van der Waals surface area contributed by atoms with Crippen molar-refractivity contribution >= 4 is 35.4 Å². The fourth-order valence-corrected chi connectivity index (χ4v) is 1.40. The van der Waals surface area contributed by atoms with Crippen LogP contribution in [0, 0.1) is 0 Å². The van der Waals surface area contributed by atoms with Crippen molar-refractivity contribution in [3.63, 3.8) is 0 Å². The second-order valence-corrected chi connectivity index (χ2v) is 4.46. The summed E-state index contributed by atoms with van der Waals surface area (Å²) in [6.45, 7) is 0. The van der Waals surface area contributed by atoms with Gasteiger partial charge in [0.2, 0.25) is 0 Å². The van der Waals surface area contributed by atoms with Crippen LogP contribution in [0.15, 0.2) is 34.3 Å². The van der Waals surface area contributed by atoms with E-state index in [4.69, 9.17) is 23.2 Å². The molecule has 0 saturated carbocycles. The molecule has 0 aliphatic rings. The molecule has 0 aromatic heterocycles. The molecule has 0 atom stereocenters. The Hall–Kier alpha value is -1.14. The molecule has 0 N–H and O–H groups in total. The van der Waals surface area contributed by atoms with E-state index in [2.05, 4.69) is 0 Å². The zero-order chi connectivity index (χ0) is 15.6. The molecule has 20 heavy (non-hydrogen) atoms. The molecule has 0 nitrogen and oxygen atoms in total. The van der Waals surface area contributed by atoms with Gasteiger partial charge in [0.1, 0.15) is 10.1 Å². The molecule has 0 unspecified atom stereocenters. The van der Waals surface area contributed by atoms with Crippen LogP contribution in [0.3, 0.4) is 0 Å². The minimum Gasteiger partial charge on any atom is -0.165 e. The number of hydrogen-bond acceptors (Lipinski definition) is 0. The molecule has 0 aliphatic carbocycles. The van der Waals surface area contributed by atoms with Crippen molar-refractivity contribution in [2.24, 2.45) is 0 Å². The molecule has 0 fully saturated rings. The molecule has 0 heterocycles. The SMILES string of the molecule is FC(F)(F)/C(Cl)=C/c1ccc(/C=C(/Cl)C(F)(F)F)cc1. The van der Waals surface area contributed by atoms with E-state index in [0.717, 1.165) is 0 Å². The Kier molecular flexibility index (Phi) is 5.15. The average molecular weight is 335 g/mol. The smallest absolute Gasteiger partial charge is 0.165 e. The van der Waals surface area contributed by atoms with Gasteiger partial charge in [-0.15, -0.1) is 0 Å². The minimum absolute atomic E-state index is 0.104. The third-order valence-corrected chi connectivity index (χ3v) is 2.71. The highest BCUT2D eigenvalue weighted by molar-refractivity contribution is 6.32. The number of benzene rings is 1. The lowest BCUT2D eigenvalue weighted by Gasteiger charge is -2.05. The number of rotatable bonds is 2. The maximum absolute atomic E-state index is 12.2. The molecule has 110 valence electrons. The maximum atomic E-state index is 12.2. The third-order valence-electron chi connectivity index (χ3n) is 2.06. The van der Waals surface area contributed by atoms with Crippen LogP contribution >= 0.6 is 23.2 Å². The number of hydrogen-bond donors (Lipinski definition) is 0. The van der Waals surface area contributed by atoms with Crippen LogP contribution in [0.5, 0.6) is 0 Å². The second kappa shape index (κ2) is 6.10. The van der Waals surface area contributed by atoms with E-state index < -0.39 is 22.4 Å². The molecule has 0 aliphatic heterocycles. The first kappa shape index (κ1) is 16.9. The normalized spacial score (nSPS) is 14.6. The van der Waals surface area contributed by atoms with Crippen molar-refractivity contribution in [3.05, 3.63) is 45.5 Å². The lowest BCUT2D eigenvalue weighted by molar-refractivity contribution is -0.0846. The largest absolute Gasteiger partial charge is 0.426 e. The van der Waals surface area contributed by atoms with Crippen LogP contribution in [-0.4, -0.2) is 12.4 Å². The van der Waals surface area contributed by atoms with Gasteiger partial charge in [-0.25, -0.2) is 0 Å². The summed E-state index contributed by atoms with van der Waals surface area (Å²) in [5.41, 5.74) is 0.209. The van der Waals surface area contributed by atoms with Gasteiger partial charge in [-0.05, 0) is 23.3 Å². The lowest BCUT2D eigenvalue weighted by Crippen LogP contribution is -2.06.